The topological polar surface area (TPSA) is 74.9 Å². The molecule has 0 radical (unpaired) electrons. The van der Waals surface area contributed by atoms with Crippen LogP contribution in [0.4, 0.5) is 0 Å². The fourth-order valence-corrected chi connectivity index (χ4v) is 6.08. The van der Waals surface area contributed by atoms with Crippen molar-refractivity contribution in [2.75, 3.05) is 13.1 Å². The standard InChI is InChI=1S/C29H31N3O3/c1-18-7-6-15-32-24(19(2)30-25(18)32)26(33)31-16-13-23-28(3,4)22(12-14-29(23,5)17-31)20-8-10-21(11-9-20)27(34)35/h6-13,15H,14,16-17H2,1-5H3,(H,34,35)/t29-/m1/s1. The Morgan fingerprint density at radius 2 is 1.74 bits per heavy atom. The minimum absolute atomic E-state index is 0.00830. The first-order valence-electron chi connectivity index (χ1n) is 12.0. The lowest BCUT2D eigenvalue weighted by Gasteiger charge is -2.50. The summed E-state index contributed by atoms with van der Waals surface area (Å²) in [5.41, 5.74) is 6.71. The molecule has 3 heterocycles. The molecule has 5 rings (SSSR count). The largest absolute Gasteiger partial charge is 0.478 e. The number of aryl methyl sites for hydroxylation is 2. The summed E-state index contributed by atoms with van der Waals surface area (Å²) in [7, 11) is 0. The number of nitrogens with zero attached hydrogens (tertiary/aromatic N) is 3. The van der Waals surface area contributed by atoms with Gasteiger partial charge in [0.1, 0.15) is 11.3 Å². The highest BCUT2D eigenvalue weighted by Gasteiger charge is 2.46. The van der Waals surface area contributed by atoms with E-state index in [2.05, 4.69) is 37.9 Å². The van der Waals surface area contributed by atoms with E-state index in [0.717, 1.165) is 28.9 Å². The van der Waals surface area contributed by atoms with Crippen molar-refractivity contribution in [2.45, 2.75) is 41.0 Å². The van der Waals surface area contributed by atoms with Gasteiger partial charge in [-0.25, -0.2) is 9.78 Å². The highest BCUT2D eigenvalue weighted by Crippen LogP contribution is 2.55. The molecule has 3 aromatic rings. The molecule has 0 bridgehead atoms. The Kier molecular flexibility index (Phi) is 5.24. The lowest BCUT2D eigenvalue weighted by atomic mass is 9.58. The van der Waals surface area contributed by atoms with Gasteiger partial charge in [0, 0.05) is 30.1 Å². The molecule has 2 aliphatic rings. The molecule has 0 unspecified atom stereocenters. The van der Waals surface area contributed by atoms with Gasteiger partial charge in [0.05, 0.1) is 11.3 Å². The van der Waals surface area contributed by atoms with Crippen LogP contribution < -0.4 is 0 Å². The van der Waals surface area contributed by atoms with E-state index in [0.29, 0.717) is 18.8 Å². The van der Waals surface area contributed by atoms with Crippen molar-refractivity contribution in [3.05, 3.63) is 88.4 Å². The van der Waals surface area contributed by atoms with E-state index in [1.807, 2.05) is 53.6 Å². The number of hydrogen-bond acceptors (Lipinski definition) is 3. The number of fused-ring (bicyclic) bond motifs is 2. The number of rotatable bonds is 3. The number of carboxylic acid groups (broad SMARTS) is 1. The zero-order valence-electron chi connectivity index (χ0n) is 20.9. The molecule has 1 aromatic carbocycles. The molecule has 180 valence electrons. The lowest BCUT2D eigenvalue weighted by molar-refractivity contribution is 0.0672. The summed E-state index contributed by atoms with van der Waals surface area (Å²) in [4.78, 5) is 31.6. The number of imidazole rings is 1. The van der Waals surface area contributed by atoms with Crippen LogP contribution in [0.15, 0.2) is 60.3 Å². The van der Waals surface area contributed by atoms with Crippen LogP contribution in [0.2, 0.25) is 0 Å². The summed E-state index contributed by atoms with van der Waals surface area (Å²) in [5, 5.41) is 9.24. The normalized spacial score (nSPS) is 21.3. The van der Waals surface area contributed by atoms with E-state index in [4.69, 9.17) is 0 Å². The van der Waals surface area contributed by atoms with E-state index >= 15 is 0 Å². The number of hydrogen-bond donors (Lipinski definition) is 1. The van der Waals surface area contributed by atoms with E-state index in [9.17, 15) is 14.7 Å². The molecular weight excluding hydrogens is 438 g/mol. The number of aromatic nitrogens is 2. The van der Waals surface area contributed by atoms with Gasteiger partial charge in [0.15, 0.2) is 0 Å². The Balaban J connectivity index is 1.47. The molecule has 0 fully saturated rings. The van der Waals surface area contributed by atoms with Gasteiger partial charge >= 0.3 is 5.97 Å². The second-order valence-corrected chi connectivity index (χ2v) is 10.6. The van der Waals surface area contributed by atoms with Crippen LogP contribution in [-0.4, -0.2) is 44.4 Å². The average Bonchev–Trinajstić information content (AvgIpc) is 3.15. The first-order chi connectivity index (χ1) is 16.5. The second-order valence-electron chi connectivity index (χ2n) is 10.6. The predicted molar refractivity (Wildman–Crippen MR) is 137 cm³/mol. The molecule has 1 aliphatic heterocycles. The molecule has 0 spiro atoms. The number of benzene rings is 1. The minimum atomic E-state index is -0.919. The fourth-order valence-electron chi connectivity index (χ4n) is 6.08. The van der Waals surface area contributed by atoms with Crippen molar-refractivity contribution in [2.24, 2.45) is 10.8 Å². The molecule has 6 nitrogen and oxygen atoms in total. The van der Waals surface area contributed by atoms with Crippen molar-refractivity contribution in [1.82, 2.24) is 14.3 Å². The van der Waals surface area contributed by atoms with Crippen molar-refractivity contribution >= 4 is 23.1 Å². The molecule has 1 aliphatic carbocycles. The van der Waals surface area contributed by atoms with E-state index in [1.54, 1.807) is 12.1 Å². The van der Waals surface area contributed by atoms with Crippen LogP contribution in [0.3, 0.4) is 0 Å². The van der Waals surface area contributed by atoms with E-state index in [1.165, 1.54) is 11.1 Å². The van der Waals surface area contributed by atoms with Gasteiger partial charge in [-0.3, -0.25) is 9.20 Å². The molecular formula is C29H31N3O3. The predicted octanol–water partition coefficient (Wildman–Crippen LogP) is 5.55. The number of allylic oxidation sites excluding steroid dienone is 2. The SMILES string of the molecule is Cc1nc2c(C)cccn2c1C(=O)N1CC=C2C(C)(C)C(c3ccc(C(=O)O)cc3)=CC[C@]2(C)C1. The van der Waals surface area contributed by atoms with Gasteiger partial charge in [-0.05, 0) is 55.2 Å². The van der Waals surface area contributed by atoms with Gasteiger partial charge in [0.2, 0.25) is 0 Å². The molecule has 35 heavy (non-hydrogen) atoms. The lowest BCUT2D eigenvalue weighted by Crippen LogP contribution is -2.49. The average molecular weight is 470 g/mol. The second kappa shape index (κ2) is 7.94. The highest BCUT2D eigenvalue weighted by molar-refractivity contribution is 5.95. The van der Waals surface area contributed by atoms with Crippen LogP contribution in [0.25, 0.3) is 11.2 Å². The van der Waals surface area contributed by atoms with Crippen LogP contribution in [0.5, 0.6) is 0 Å². The van der Waals surface area contributed by atoms with Crippen molar-refractivity contribution in [3.63, 3.8) is 0 Å². The Bertz CT molecular complexity index is 1430. The molecule has 1 N–H and O–H groups in total. The monoisotopic (exact) mass is 469 g/mol. The zero-order valence-corrected chi connectivity index (χ0v) is 20.9. The maximum atomic E-state index is 13.7. The summed E-state index contributed by atoms with van der Waals surface area (Å²) < 4.78 is 1.91. The molecule has 0 saturated carbocycles. The Labute approximate surface area is 205 Å². The third-order valence-corrected chi connectivity index (χ3v) is 7.76. The summed E-state index contributed by atoms with van der Waals surface area (Å²) >= 11 is 0. The molecule has 6 heteroatoms. The summed E-state index contributed by atoms with van der Waals surface area (Å²) in [6, 6.07) is 11.1. The fraction of sp³-hybridized carbons (Fsp3) is 0.345. The van der Waals surface area contributed by atoms with E-state index < -0.39 is 5.97 Å². The van der Waals surface area contributed by atoms with Gasteiger partial charge in [-0.2, -0.15) is 0 Å². The Morgan fingerprint density at radius 3 is 2.43 bits per heavy atom. The smallest absolute Gasteiger partial charge is 0.335 e. The number of carbonyl (C=O) groups excluding carboxylic acids is 1. The third-order valence-electron chi connectivity index (χ3n) is 7.76. The number of pyridine rings is 1. The Morgan fingerprint density at radius 1 is 1.03 bits per heavy atom. The third kappa shape index (κ3) is 3.59. The van der Waals surface area contributed by atoms with Gasteiger partial charge < -0.3 is 10.0 Å². The zero-order chi connectivity index (χ0) is 25.1. The van der Waals surface area contributed by atoms with Crippen LogP contribution in [0, 0.1) is 24.7 Å². The molecule has 1 atom stereocenters. The maximum absolute atomic E-state index is 13.7. The number of carboxylic acids is 1. The molecule has 1 amide bonds. The van der Waals surface area contributed by atoms with Crippen LogP contribution in [-0.2, 0) is 0 Å². The van der Waals surface area contributed by atoms with Gasteiger partial charge in [0.25, 0.3) is 5.91 Å². The first kappa shape index (κ1) is 23.1. The molecule has 0 saturated heterocycles. The maximum Gasteiger partial charge on any atom is 0.335 e. The van der Waals surface area contributed by atoms with Gasteiger partial charge in [-0.15, -0.1) is 0 Å². The van der Waals surface area contributed by atoms with Crippen LogP contribution >= 0.6 is 0 Å². The van der Waals surface area contributed by atoms with Crippen molar-refractivity contribution in [3.8, 4) is 0 Å². The minimum Gasteiger partial charge on any atom is -0.478 e. The Hall–Kier alpha value is -3.67. The van der Waals surface area contributed by atoms with Crippen molar-refractivity contribution in [1.29, 1.82) is 0 Å². The highest BCUT2D eigenvalue weighted by atomic mass is 16.4. The van der Waals surface area contributed by atoms with Gasteiger partial charge in [-0.1, -0.05) is 56.7 Å². The number of carbonyl (C=O) groups is 2. The summed E-state index contributed by atoms with van der Waals surface area (Å²) in [6.07, 6.45) is 7.22. The quantitative estimate of drug-likeness (QED) is 0.510. The molecule has 2 aromatic heterocycles. The number of amides is 1. The summed E-state index contributed by atoms with van der Waals surface area (Å²) in [5.74, 6) is -0.911. The van der Waals surface area contributed by atoms with Crippen LogP contribution in [0.1, 0.15) is 64.9 Å². The number of aromatic carboxylic acids is 1. The van der Waals surface area contributed by atoms with E-state index in [-0.39, 0.29) is 22.3 Å². The van der Waals surface area contributed by atoms with Crippen molar-refractivity contribution < 1.29 is 14.7 Å². The first-order valence-corrected chi connectivity index (χ1v) is 12.0. The summed E-state index contributed by atoms with van der Waals surface area (Å²) in [6.45, 7) is 11.8.